The van der Waals surface area contributed by atoms with Gasteiger partial charge in [-0.15, -0.1) is 13.2 Å². The second kappa shape index (κ2) is 5.42. The van der Waals surface area contributed by atoms with Crippen LogP contribution in [0.2, 0.25) is 0 Å². The fourth-order valence-electron chi connectivity index (χ4n) is 1.20. The minimum Gasteiger partial charge on any atom is -0.449 e. The number of hydrogen-bond donors (Lipinski definition) is 1. The molecule has 94 valence electrons. The van der Waals surface area contributed by atoms with Gasteiger partial charge >= 0.3 is 12.5 Å². The Balaban J connectivity index is 2.67. The Morgan fingerprint density at radius 1 is 1.29 bits per heavy atom. The van der Waals surface area contributed by atoms with Crippen molar-refractivity contribution in [2.75, 3.05) is 6.61 Å². The van der Waals surface area contributed by atoms with Gasteiger partial charge in [-0.3, -0.25) is 0 Å². The van der Waals surface area contributed by atoms with Crippen molar-refractivity contribution in [1.82, 2.24) is 0 Å². The maximum Gasteiger partial charge on any atom is 0.573 e. The summed E-state index contributed by atoms with van der Waals surface area (Å²) in [4.78, 5) is 10.3. The summed E-state index contributed by atoms with van der Waals surface area (Å²) in [5.41, 5.74) is 5.01. The van der Waals surface area contributed by atoms with Crippen molar-refractivity contribution < 1.29 is 27.4 Å². The normalized spacial score (nSPS) is 11.0. The van der Waals surface area contributed by atoms with Gasteiger partial charge in [0.2, 0.25) is 0 Å². The van der Waals surface area contributed by atoms with E-state index >= 15 is 0 Å². The Morgan fingerprint density at radius 2 is 1.94 bits per heavy atom. The Kier molecular flexibility index (Phi) is 4.19. The molecule has 1 amide bonds. The van der Waals surface area contributed by atoms with Crippen LogP contribution in [0.3, 0.4) is 0 Å². The quantitative estimate of drug-likeness (QED) is 0.889. The minimum atomic E-state index is -4.75. The van der Waals surface area contributed by atoms with Gasteiger partial charge in [-0.2, -0.15) is 0 Å². The topological polar surface area (TPSA) is 61.6 Å². The molecule has 0 saturated heterocycles. The van der Waals surface area contributed by atoms with Gasteiger partial charge in [-0.05, 0) is 11.6 Å². The highest BCUT2D eigenvalue weighted by atomic mass is 19.4. The van der Waals surface area contributed by atoms with Crippen molar-refractivity contribution in [3.63, 3.8) is 0 Å². The Hall–Kier alpha value is -1.92. The molecule has 0 aliphatic rings. The maximum atomic E-state index is 12.0. The number of ether oxygens (including phenoxy) is 2. The second-order valence-electron chi connectivity index (χ2n) is 3.07. The van der Waals surface area contributed by atoms with Crippen molar-refractivity contribution in [2.24, 2.45) is 5.73 Å². The van der Waals surface area contributed by atoms with Gasteiger partial charge in [-0.1, -0.05) is 18.2 Å². The van der Waals surface area contributed by atoms with Crippen LogP contribution in [0.15, 0.2) is 24.3 Å². The predicted octanol–water partition coefficient (Wildman–Crippen LogP) is 2.22. The summed E-state index contributed by atoms with van der Waals surface area (Å²) in [7, 11) is 0. The average Bonchev–Trinajstić information content (AvgIpc) is 2.17. The molecule has 0 saturated carbocycles. The zero-order valence-corrected chi connectivity index (χ0v) is 8.66. The fraction of sp³-hybridized carbons (Fsp3) is 0.300. The zero-order chi connectivity index (χ0) is 12.9. The van der Waals surface area contributed by atoms with E-state index in [1.165, 1.54) is 18.2 Å². The lowest BCUT2D eigenvalue weighted by Crippen LogP contribution is -2.19. The summed E-state index contributed by atoms with van der Waals surface area (Å²) in [6.07, 6.45) is -5.63. The monoisotopic (exact) mass is 249 g/mol. The molecule has 0 aliphatic heterocycles. The van der Waals surface area contributed by atoms with Crippen LogP contribution in [0.4, 0.5) is 18.0 Å². The standard InChI is InChI=1S/C10H10F3NO3/c11-10(12,13)17-8-4-2-1-3-7(8)5-6-16-9(14)15/h1-4H,5-6H2,(H2,14,15). The predicted molar refractivity (Wildman–Crippen MR) is 52.4 cm³/mol. The third-order valence-corrected chi connectivity index (χ3v) is 1.81. The molecule has 7 heteroatoms. The summed E-state index contributed by atoms with van der Waals surface area (Å²) in [6, 6.07) is 5.61. The number of amides is 1. The number of nitrogens with two attached hydrogens (primary N) is 1. The molecule has 17 heavy (non-hydrogen) atoms. The molecule has 0 radical (unpaired) electrons. The molecule has 0 unspecified atom stereocenters. The summed E-state index contributed by atoms with van der Waals surface area (Å²) >= 11 is 0. The molecule has 1 aromatic rings. The smallest absolute Gasteiger partial charge is 0.449 e. The number of benzene rings is 1. The highest BCUT2D eigenvalue weighted by molar-refractivity contribution is 5.64. The van der Waals surface area contributed by atoms with Gasteiger partial charge in [0.25, 0.3) is 0 Å². The summed E-state index contributed by atoms with van der Waals surface area (Å²) in [6.45, 7) is -0.104. The van der Waals surface area contributed by atoms with Crippen LogP contribution in [0.25, 0.3) is 0 Å². The van der Waals surface area contributed by atoms with Crippen LogP contribution < -0.4 is 10.5 Å². The van der Waals surface area contributed by atoms with Gasteiger partial charge in [0, 0.05) is 6.42 Å². The van der Waals surface area contributed by atoms with Crippen LogP contribution >= 0.6 is 0 Å². The first-order valence-corrected chi connectivity index (χ1v) is 4.64. The van der Waals surface area contributed by atoms with E-state index in [1.807, 2.05) is 0 Å². The largest absolute Gasteiger partial charge is 0.573 e. The van der Waals surface area contributed by atoms with Gasteiger partial charge in [0.1, 0.15) is 5.75 Å². The van der Waals surface area contributed by atoms with Gasteiger partial charge in [-0.25, -0.2) is 4.79 Å². The van der Waals surface area contributed by atoms with Crippen LogP contribution in [0, 0.1) is 0 Å². The molecule has 0 spiro atoms. The summed E-state index contributed by atoms with van der Waals surface area (Å²) in [5.74, 6) is -0.312. The highest BCUT2D eigenvalue weighted by Gasteiger charge is 2.31. The lowest BCUT2D eigenvalue weighted by atomic mass is 10.1. The number of hydrogen-bond acceptors (Lipinski definition) is 3. The molecule has 1 aromatic carbocycles. The van der Waals surface area contributed by atoms with E-state index in [0.29, 0.717) is 0 Å². The van der Waals surface area contributed by atoms with Crippen molar-refractivity contribution in [3.8, 4) is 5.75 Å². The van der Waals surface area contributed by atoms with Crippen LogP contribution in [0.1, 0.15) is 5.56 Å². The maximum absolute atomic E-state index is 12.0. The van der Waals surface area contributed by atoms with E-state index in [9.17, 15) is 18.0 Å². The zero-order valence-electron chi connectivity index (χ0n) is 8.66. The van der Waals surface area contributed by atoms with Gasteiger partial charge in [0.15, 0.2) is 0 Å². The summed E-state index contributed by atoms with van der Waals surface area (Å²) < 4.78 is 44.4. The van der Waals surface area contributed by atoms with E-state index in [2.05, 4.69) is 9.47 Å². The molecule has 0 atom stereocenters. The molecule has 0 bridgehead atoms. The molecule has 1 rings (SSSR count). The van der Waals surface area contributed by atoms with E-state index < -0.39 is 12.5 Å². The first-order chi connectivity index (χ1) is 7.88. The van der Waals surface area contributed by atoms with Crippen LogP contribution in [-0.4, -0.2) is 19.1 Å². The average molecular weight is 249 g/mol. The third kappa shape index (κ3) is 5.10. The molecule has 0 heterocycles. The van der Waals surface area contributed by atoms with Crippen molar-refractivity contribution in [2.45, 2.75) is 12.8 Å². The number of rotatable bonds is 4. The number of alkyl halides is 3. The van der Waals surface area contributed by atoms with Crippen molar-refractivity contribution >= 4 is 6.09 Å². The highest BCUT2D eigenvalue weighted by Crippen LogP contribution is 2.26. The molecule has 0 aliphatic carbocycles. The first-order valence-electron chi connectivity index (χ1n) is 4.64. The number of halogens is 3. The van der Waals surface area contributed by atoms with E-state index in [4.69, 9.17) is 5.73 Å². The molecule has 4 nitrogen and oxygen atoms in total. The molecule has 2 N–H and O–H groups in total. The Bertz CT molecular complexity index is 393. The van der Waals surface area contributed by atoms with E-state index in [1.54, 1.807) is 6.07 Å². The van der Waals surface area contributed by atoms with E-state index in [0.717, 1.165) is 0 Å². The summed E-state index contributed by atoms with van der Waals surface area (Å²) in [5, 5.41) is 0. The molecule has 0 aromatic heterocycles. The molecular formula is C10H10F3NO3. The number of carbonyl (C=O) groups excluding carboxylic acids is 1. The van der Waals surface area contributed by atoms with Gasteiger partial charge in [0.05, 0.1) is 6.61 Å². The second-order valence-corrected chi connectivity index (χ2v) is 3.07. The molecular weight excluding hydrogens is 239 g/mol. The first kappa shape index (κ1) is 13.1. The molecule has 0 fully saturated rings. The van der Waals surface area contributed by atoms with Crippen LogP contribution in [0.5, 0.6) is 5.75 Å². The SMILES string of the molecule is NC(=O)OCCc1ccccc1OC(F)(F)F. The van der Waals surface area contributed by atoms with Gasteiger partial charge < -0.3 is 15.2 Å². The fourth-order valence-corrected chi connectivity index (χ4v) is 1.20. The number of carbonyl (C=O) groups is 1. The minimum absolute atomic E-state index is 0.0925. The Morgan fingerprint density at radius 3 is 2.53 bits per heavy atom. The Labute approximate surface area is 95.1 Å². The third-order valence-electron chi connectivity index (χ3n) is 1.81. The van der Waals surface area contributed by atoms with E-state index in [-0.39, 0.29) is 24.3 Å². The lowest BCUT2D eigenvalue weighted by Gasteiger charge is -2.12. The number of primary amides is 1. The van der Waals surface area contributed by atoms with Crippen molar-refractivity contribution in [3.05, 3.63) is 29.8 Å². The van der Waals surface area contributed by atoms with Crippen LogP contribution in [-0.2, 0) is 11.2 Å². The van der Waals surface area contributed by atoms with Crippen molar-refractivity contribution in [1.29, 1.82) is 0 Å². The lowest BCUT2D eigenvalue weighted by molar-refractivity contribution is -0.274. The number of para-hydroxylation sites is 1.